The second-order valence-electron chi connectivity index (χ2n) is 9.50. The second-order valence-corrected chi connectivity index (χ2v) is 9.50. The summed E-state index contributed by atoms with van der Waals surface area (Å²) in [4.78, 5) is 31.1. The average Bonchev–Trinajstić information content (AvgIpc) is 2.88. The van der Waals surface area contributed by atoms with Crippen LogP contribution in [0.3, 0.4) is 0 Å². The van der Waals surface area contributed by atoms with Gasteiger partial charge in [-0.05, 0) is 55.7 Å². The Bertz CT molecular complexity index is 1040. The van der Waals surface area contributed by atoms with Crippen LogP contribution in [0.4, 0.5) is 0 Å². The van der Waals surface area contributed by atoms with Gasteiger partial charge in [0.15, 0.2) is 0 Å². The third kappa shape index (κ3) is 6.38. The Kier molecular flexibility index (Phi) is 8.36. The number of aromatic nitrogens is 1. The van der Waals surface area contributed by atoms with Gasteiger partial charge in [0.25, 0.3) is 5.91 Å². The first kappa shape index (κ1) is 25.1. The van der Waals surface area contributed by atoms with Crippen LogP contribution in [-0.2, 0) is 24.2 Å². The van der Waals surface area contributed by atoms with Gasteiger partial charge in [0.2, 0.25) is 5.91 Å². The van der Waals surface area contributed by atoms with Crippen molar-refractivity contribution in [3.63, 3.8) is 0 Å². The van der Waals surface area contributed by atoms with Gasteiger partial charge in [-0.2, -0.15) is 0 Å². The highest BCUT2D eigenvalue weighted by atomic mass is 16.5. The first-order valence-corrected chi connectivity index (χ1v) is 12.6. The highest BCUT2D eigenvalue weighted by Crippen LogP contribution is 2.24. The van der Waals surface area contributed by atoms with Gasteiger partial charge >= 0.3 is 0 Å². The molecule has 2 aromatic rings. The van der Waals surface area contributed by atoms with Crippen molar-refractivity contribution < 1.29 is 19.4 Å². The predicted octanol–water partition coefficient (Wildman–Crippen LogP) is 2.09. The fourth-order valence-electron chi connectivity index (χ4n) is 4.98. The van der Waals surface area contributed by atoms with Gasteiger partial charge < -0.3 is 25.4 Å². The Morgan fingerprint density at radius 3 is 2.71 bits per heavy atom. The molecule has 3 N–H and O–H groups in total. The number of fused-ring (bicyclic) bond motifs is 1. The van der Waals surface area contributed by atoms with E-state index in [9.17, 15) is 14.7 Å². The Morgan fingerprint density at radius 1 is 1.26 bits per heavy atom. The third-order valence-corrected chi connectivity index (χ3v) is 7.08. The fourth-order valence-corrected chi connectivity index (χ4v) is 4.98. The van der Waals surface area contributed by atoms with Crippen molar-refractivity contribution in [3.8, 4) is 5.75 Å². The molecule has 1 fully saturated rings. The number of benzene rings is 1. The van der Waals surface area contributed by atoms with E-state index in [4.69, 9.17) is 4.74 Å². The molecule has 4 rings (SSSR count). The topological polar surface area (TPSA) is 104 Å². The summed E-state index contributed by atoms with van der Waals surface area (Å²) < 4.78 is 5.66. The molecule has 0 radical (unpaired) electrons. The molecule has 8 nitrogen and oxygen atoms in total. The van der Waals surface area contributed by atoms with E-state index < -0.39 is 6.10 Å². The maximum absolute atomic E-state index is 13.1. The summed E-state index contributed by atoms with van der Waals surface area (Å²) in [5, 5.41) is 17.0. The number of pyridine rings is 1. The van der Waals surface area contributed by atoms with E-state index in [-0.39, 0.29) is 24.4 Å². The number of likely N-dealkylation sites (tertiary alicyclic amines) is 1. The van der Waals surface area contributed by atoms with Crippen molar-refractivity contribution in [1.29, 1.82) is 0 Å². The highest BCUT2D eigenvalue weighted by molar-refractivity contribution is 5.97. The Hall–Kier alpha value is -2.97. The Labute approximate surface area is 207 Å². The number of nitrogens with one attached hydrogen (secondary N) is 2. The van der Waals surface area contributed by atoms with Gasteiger partial charge in [0.1, 0.15) is 5.75 Å². The standard InChI is InChI=1S/C27H36N4O4/c1-3-35-26-17-28-22(12-19-8-10-31(11-9-19)18(2)32)14-23(26)27(34)30-16-25(33)24-13-20-6-4-5-7-21(20)15-29-24/h4-7,14,17,19,24-25,29,33H,3,8-13,15-16H2,1-2H3,(H,30,34). The minimum atomic E-state index is -0.712. The molecule has 1 aromatic heterocycles. The van der Waals surface area contributed by atoms with E-state index in [0.717, 1.165) is 44.5 Å². The zero-order valence-corrected chi connectivity index (χ0v) is 20.6. The number of aliphatic hydroxyl groups is 1. The lowest BCUT2D eigenvalue weighted by molar-refractivity contribution is -0.130. The molecule has 188 valence electrons. The molecule has 3 heterocycles. The lowest BCUT2D eigenvalue weighted by atomic mass is 9.91. The third-order valence-electron chi connectivity index (χ3n) is 7.08. The molecule has 0 spiro atoms. The van der Waals surface area contributed by atoms with Crippen LogP contribution in [0.5, 0.6) is 5.75 Å². The van der Waals surface area contributed by atoms with Crippen LogP contribution in [0.2, 0.25) is 0 Å². The van der Waals surface area contributed by atoms with Crippen molar-refractivity contribution in [2.45, 2.75) is 58.2 Å². The lowest BCUT2D eigenvalue weighted by Gasteiger charge is -2.31. The summed E-state index contributed by atoms with van der Waals surface area (Å²) in [7, 11) is 0. The number of carbonyl (C=O) groups is 2. The number of aliphatic hydroxyl groups excluding tert-OH is 1. The van der Waals surface area contributed by atoms with Crippen LogP contribution in [0.15, 0.2) is 36.5 Å². The van der Waals surface area contributed by atoms with Crippen LogP contribution < -0.4 is 15.4 Å². The molecule has 0 bridgehead atoms. The van der Waals surface area contributed by atoms with E-state index >= 15 is 0 Å². The highest BCUT2D eigenvalue weighted by Gasteiger charge is 2.26. The largest absolute Gasteiger partial charge is 0.491 e. The van der Waals surface area contributed by atoms with E-state index in [1.54, 1.807) is 19.2 Å². The van der Waals surface area contributed by atoms with Crippen LogP contribution in [0.1, 0.15) is 53.9 Å². The number of hydrogen-bond acceptors (Lipinski definition) is 6. The fraction of sp³-hybridized carbons (Fsp3) is 0.519. The molecule has 2 aliphatic rings. The van der Waals surface area contributed by atoms with Gasteiger partial charge in [-0.3, -0.25) is 14.6 Å². The van der Waals surface area contributed by atoms with Crippen molar-refractivity contribution >= 4 is 11.8 Å². The summed E-state index contributed by atoms with van der Waals surface area (Å²) >= 11 is 0. The van der Waals surface area contributed by atoms with Crippen LogP contribution >= 0.6 is 0 Å². The minimum Gasteiger partial charge on any atom is -0.491 e. The summed E-state index contributed by atoms with van der Waals surface area (Å²) in [6.45, 7) is 6.29. The molecule has 0 saturated carbocycles. The predicted molar refractivity (Wildman–Crippen MR) is 133 cm³/mol. The molecule has 2 aliphatic heterocycles. The second kappa shape index (κ2) is 11.6. The zero-order valence-electron chi connectivity index (χ0n) is 20.6. The normalized spacial score (nSPS) is 19.1. The number of hydrogen-bond donors (Lipinski definition) is 3. The van der Waals surface area contributed by atoms with E-state index in [2.05, 4.69) is 27.8 Å². The molecule has 1 aromatic carbocycles. The zero-order chi connectivity index (χ0) is 24.8. The quantitative estimate of drug-likeness (QED) is 0.535. The molecule has 2 atom stereocenters. The van der Waals surface area contributed by atoms with Crippen molar-refractivity contribution in [3.05, 3.63) is 58.9 Å². The van der Waals surface area contributed by atoms with Crippen molar-refractivity contribution in [2.24, 2.45) is 5.92 Å². The SMILES string of the molecule is CCOc1cnc(CC2CCN(C(C)=O)CC2)cc1C(=O)NCC(O)C1Cc2ccccc2CN1. The number of nitrogens with zero attached hydrogens (tertiary/aromatic N) is 2. The number of ether oxygens (including phenoxy) is 1. The maximum atomic E-state index is 13.1. The van der Waals surface area contributed by atoms with Gasteiger partial charge in [-0.15, -0.1) is 0 Å². The van der Waals surface area contributed by atoms with Gasteiger partial charge in [0, 0.05) is 44.8 Å². The summed E-state index contributed by atoms with van der Waals surface area (Å²) in [6, 6.07) is 9.90. The van der Waals surface area contributed by atoms with Crippen LogP contribution in [0.25, 0.3) is 0 Å². The molecule has 1 saturated heterocycles. The number of carbonyl (C=O) groups excluding carboxylic acids is 2. The van der Waals surface area contributed by atoms with Crippen LogP contribution in [0, 0.1) is 5.92 Å². The van der Waals surface area contributed by atoms with Crippen molar-refractivity contribution in [2.75, 3.05) is 26.2 Å². The molecular weight excluding hydrogens is 444 g/mol. The molecular formula is C27H36N4O4. The molecule has 35 heavy (non-hydrogen) atoms. The van der Waals surface area contributed by atoms with Gasteiger partial charge in [-0.1, -0.05) is 24.3 Å². The summed E-state index contributed by atoms with van der Waals surface area (Å²) in [5.41, 5.74) is 3.75. The minimum absolute atomic E-state index is 0.120. The van der Waals surface area contributed by atoms with E-state index in [0.29, 0.717) is 30.4 Å². The van der Waals surface area contributed by atoms with E-state index in [1.807, 2.05) is 24.0 Å². The molecule has 2 amide bonds. The number of amides is 2. The Balaban J connectivity index is 1.36. The lowest BCUT2D eigenvalue weighted by Crippen LogP contribution is -2.49. The van der Waals surface area contributed by atoms with Crippen LogP contribution in [-0.4, -0.2) is 65.2 Å². The monoisotopic (exact) mass is 480 g/mol. The molecule has 2 unspecified atom stereocenters. The molecule has 8 heteroatoms. The van der Waals surface area contributed by atoms with E-state index in [1.165, 1.54) is 11.1 Å². The summed E-state index contributed by atoms with van der Waals surface area (Å²) in [5.74, 6) is 0.712. The first-order chi connectivity index (χ1) is 16.9. The Morgan fingerprint density at radius 2 is 2.00 bits per heavy atom. The number of rotatable bonds is 8. The van der Waals surface area contributed by atoms with Gasteiger partial charge in [0.05, 0.1) is 24.5 Å². The van der Waals surface area contributed by atoms with Crippen molar-refractivity contribution in [1.82, 2.24) is 20.5 Å². The average molecular weight is 481 g/mol. The van der Waals surface area contributed by atoms with Gasteiger partial charge in [-0.25, -0.2) is 0 Å². The summed E-state index contributed by atoms with van der Waals surface area (Å²) in [6.07, 6.45) is 4.25. The molecule has 0 aliphatic carbocycles. The maximum Gasteiger partial charge on any atom is 0.255 e. The smallest absolute Gasteiger partial charge is 0.255 e. The number of piperidine rings is 1. The first-order valence-electron chi connectivity index (χ1n) is 12.6.